The number of esters is 1. The summed E-state index contributed by atoms with van der Waals surface area (Å²) in [4.78, 5) is 12.0. The van der Waals surface area contributed by atoms with Crippen LogP contribution in [0.15, 0.2) is 54.6 Å². The van der Waals surface area contributed by atoms with Crippen molar-refractivity contribution in [3.63, 3.8) is 0 Å². The second kappa shape index (κ2) is 12.1. The van der Waals surface area contributed by atoms with E-state index in [0.29, 0.717) is 37.0 Å². The molecular weight excluding hydrogens is 400 g/mol. The summed E-state index contributed by atoms with van der Waals surface area (Å²) in [5.74, 6) is 2.33. The number of ether oxygens (including phenoxy) is 3. The van der Waals surface area contributed by atoms with Gasteiger partial charge in [-0.05, 0) is 53.5 Å². The van der Waals surface area contributed by atoms with E-state index in [1.165, 1.54) is 5.56 Å². The fourth-order valence-corrected chi connectivity index (χ4v) is 4.22. The topological polar surface area (TPSA) is 44.8 Å². The van der Waals surface area contributed by atoms with Gasteiger partial charge in [0, 0.05) is 12.3 Å². The van der Waals surface area contributed by atoms with Crippen LogP contribution >= 0.6 is 0 Å². The average molecular weight is 441 g/mol. The molecule has 0 aliphatic rings. The molecule has 0 aliphatic carbocycles. The molecule has 2 rings (SSSR count). The maximum absolute atomic E-state index is 12.0. The van der Waals surface area contributed by atoms with Crippen LogP contribution in [0.5, 0.6) is 11.5 Å². The Morgan fingerprint density at radius 1 is 0.844 bits per heavy atom. The van der Waals surface area contributed by atoms with Gasteiger partial charge in [0.2, 0.25) is 6.29 Å². The quantitative estimate of drug-likeness (QED) is 0.160. The first kappa shape index (κ1) is 25.9. The highest BCUT2D eigenvalue weighted by molar-refractivity contribution is 5.72. The molecular formula is C28H40O4. The minimum absolute atomic E-state index is 0.184. The maximum Gasteiger partial charge on any atom is 0.311 e. The summed E-state index contributed by atoms with van der Waals surface area (Å²) in [7, 11) is 0. The summed E-state index contributed by atoms with van der Waals surface area (Å²) in [6, 6.07) is 17.5. The Bertz CT molecular complexity index is 804. The summed E-state index contributed by atoms with van der Waals surface area (Å²) in [5, 5.41) is 0. The molecule has 2 aromatic carbocycles. The van der Waals surface area contributed by atoms with Crippen molar-refractivity contribution in [2.75, 3.05) is 6.61 Å². The molecule has 0 saturated heterocycles. The lowest BCUT2D eigenvalue weighted by atomic mass is 9.70. The van der Waals surface area contributed by atoms with E-state index in [2.05, 4.69) is 60.6 Å². The molecule has 0 bridgehead atoms. The van der Waals surface area contributed by atoms with E-state index in [9.17, 15) is 4.79 Å². The predicted octanol–water partition coefficient (Wildman–Crippen LogP) is 7.24. The van der Waals surface area contributed by atoms with E-state index in [1.54, 1.807) is 12.1 Å². The first-order valence-electron chi connectivity index (χ1n) is 11.7. The van der Waals surface area contributed by atoms with Crippen molar-refractivity contribution in [2.45, 2.75) is 73.5 Å². The zero-order chi connectivity index (χ0) is 23.7. The van der Waals surface area contributed by atoms with Gasteiger partial charge in [0.1, 0.15) is 11.5 Å². The van der Waals surface area contributed by atoms with E-state index in [1.807, 2.05) is 30.3 Å². The minimum atomic E-state index is -0.366. The number of hydrogen-bond donors (Lipinski definition) is 0. The number of para-hydroxylation sites is 1. The Labute approximate surface area is 194 Å². The van der Waals surface area contributed by atoms with E-state index < -0.39 is 0 Å². The first-order valence-corrected chi connectivity index (χ1v) is 11.7. The van der Waals surface area contributed by atoms with Crippen molar-refractivity contribution in [1.29, 1.82) is 0 Å². The van der Waals surface area contributed by atoms with E-state index in [0.717, 1.165) is 5.75 Å². The Balaban J connectivity index is 1.85. The summed E-state index contributed by atoms with van der Waals surface area (Å²) in [6.45, 7) is 16.0. The molecule has 176 valence electrons. The molecule has 0 radical (unpaired) electrons. The molecule has 0 saturated carbocycles. The van der Waals surface area contributed by atoms with Gasteiger partial charge in [-0.25, -0.2) is 0 Å². The van der Waals surface area contributed by atoms with Crippen LogP contribution in [0.4, 0.5) is 0 Å². The number of benzene rings is 2. The molecule has 0 amide bonds. The molecule has 2 aromatic rings. The highest BCUT2D eigenvalue weighted by Gasteiger charge is 2.29. The SMILES string of the molecule is CC(C)C(OCCCC(=O)Oc1ccccc1)Oc1ccc(C(C(C)C)C(C)(C)C)cc1. The molecule has 0 heterocycles. The summed E-state index contributed by atoms with van der Waals surface area (Å²) in [6.07, 6.45) is 0.519. The Morgan fingerprint density at radius 2 is 1.47 bits per heavy atom. The molecule has 0 fully saturated rings. The van der Waals surface area contributed by atoms with Crippen molar-refractivity contribution in [1.82, 2.24) is 0 Å². The van der Waals surface area contributed by atoms with Gasteiger partial charge in [-0.3, -0.25) is 4.79 Å². The van der Waals surface area contributed by atoms with Crippen LogP contribution in [0.2, 0.25) is 0 Å². The molecule has 4 heteroatoms. The first-order chi connectivity index (χ1) is 15.1. The van der Waals surface area contributed by atoms with Crippen LogP contribution in [0.3, 0.4) is 0 Å². The highest BCUT2D eigenvalue weighted by atomic mass is 16.7. The summed E-state index contributed by atoms with van der Waals surface area (Å²) >= 11 is 0. The molecule has 32 heavy (non-hydrogen) atoms. The second-order valence-electron chi connectivity index (χ2n) is 10.1. The standard InChI is InChI=1S/C28H40O4/c1-20(2)26(28(5,6)7)22-15-17-24(18-16-22)32-27(21(3)4)30-19-11-14-25(29)31-23-12-9-8-10-13-23/h8-10,12-13,15-18,20-21,26-27H,11,14,19H2,1-7H3. The van der Waals surface area contributed by atoms with Gasteiger partial charge in [0.05, 0.1) is 6.61 Å². The third-order valence-electron chi connectivity index (χ3n) is 5.42. The van der Waals surface area contributed by atoms with Crippen molar-refractivity contribution < 1.29 is 19.0 Å². The Morgan fingerprint density at radius 3 is 2.00 bits per heavy atom. The van der Waals surface area contributed by atoms with Crippen LogP contribution in [-0.4, -0.2) is 18.9 Å². The lowest BCUT2D eigenvalue weighted by Crippen LogP contribution is -2.27. The van der Waals surface area contributed by atoms with Gasteiger partial charge in [-0.15, -0.1) is 0 Å². The van der Waals surface area contributed by atoms with E-state index in [4.69, 9.17) is 14.2 Å². The van der Waals surface area contributed by atoms with E-state index >= 15 is 0 Å². The maximum atomic E-state index is 12.0. The molecule has 0 N–H and O–H groups in total. The van der Waals surface area contributed by atoms with Crippen molar-refractivity contribution in [2.24, 2.45) is 17.3 Å². The smallest absolute Gasteiger partial charge is 0.311 e. The molecule has 4 nitrogen and oxygen atoms in total. The van der Waals surface area contributed by atoms with Crippen LogP contribution in [-0.2, 0) is 9.53 Å². The lowest BCUT2D eigenvalue weighted by molar-refractivity contribution is -0.136. The normalized spacial score (nSPS) is 13.8. The number of rotatable bonds is 11. The minimum Gasteiger partial charge on any atom is -0.465 e. The van der Waals surface area contributed by atoms with Gasteiger partial charge in [-0.2, -0.15) is 0 Å². The molecule has 2 atom stereocenters. The Kier molecular flexibility index (Phi) is 9.77. The zero-order valence-electron chi connectivity index (χ0n) is 20.8. The summed E-state index contributed by atoms with van der Waals surface area (Å²) < 4.78 is 17.4. The van der Waals surface area contributed by atoms with Gasteiger partial charge < -0.3 is 14.2 Å². The number of carbonyl (C=O) groups excluding carboxylic acids is 1. The third-order valence-corrected chi connectivity index (χ3v) is 5.42. The predicted molar refractivity (Wildman–Crippen MR) is 130 cm³/mol. The molecule has 0 spiro atoms. The Hall–Kier alpha value is -2.33. The monoisotopic (exact) mass is 440 g/mol. The van der Waals surface area contributed by atoms with Crippen molar-refractivity contribution in [3.8, 4) is 11.5 Å². The lowest BCUT2D eigenvalue weighted by Gasteiger charge is -2.34. The summed E-state index contributed by atoms with van der Waals surface area (Å²) in [5.41, 5.74) is 1.53. The van der Waals surface area contributed by atoms with Gasteiger partial charge in [0.25, 0.3) is 0 Å². The van der Waals surface area contributed by atoms with Crippen LogP contribution in [0.1, 0.15) is 72.8 Å². The number of carbonyl (C=O) groups is 1. The average Bonchev–Trinajstić information content (AvgIpc) is 2.70. The van der Waals surface area contributed by atoms with Crippen molar-refractivity contribution >= 4 is 5.97 Å². The molecule has 0 aromatic heterocycles. The van der Waals surface area contributed by atoms with Crippen molar-refractivity contribution in [3.05, 3.63) is 60.2 Å². The van der Waals surface area contributed by atoms with Crippen LogP contribution < -0.4 is 9.47 Å². The van der Waals surface area contributed by atoms with Gasteiger partial charge in [0.15, 0.2) is 0 Å². The third kappa shape index (κ3) is 8.31. The fraction of sp³-hybridized carbons (Fsp3) is 0.536. The highest BCUT2D eigenvalue weighted by Crippen LogP contribution is 2.41. The van der Waals surface area contributed by atoms with Gasteiger partial charge in [-0.1, -0.05) is 78.8 Å². The molecule has 0 aliphatic heterocycles. The largest absolute Gasteiger partial charge is 0.465 e. The van der Waals surface area contributed by atoms with Crippen LogP contribution in [0.25, 0.3) is 0 Å². The molecule has 2 unspecified atom stereocenters. The van der Waals surface area contributed by atoms with Gasteiger partial charge >= 0.3 is 5.97 Å². The second-order valence-corrected chi connectivity index (χ2v) is 10.1. The zero-order valence-corrected chi connectivity index (χ0v) is 20.8. The van der Waals surface area contributed by atoms with E-state index in [-0.39, 0.29) is 23.6 Å². The number of hydrogen-bond acceptors (Lipinski definition) is 4. The fourth-order valence-electron chi connectivity index (χ4n) is 4.22. The van der Waals surface area contributed by atoms with Crippen LogP contribution in [0, 0.1) is 17.3 Å².